The number of piperidine rings is 1. The van der Waals surface area contributed by atoms with E-state index in [1.807, 2.05) is 4.31 Å². The molecular formula is C20H30F2N2O4S. The molecule has 1 aromatic rings. The number of likely N-dealkylation sites (tertiary alicyclic amines) is 1. The molecule has 2 saturated heterocycles. The number of ether oxygens (including phenoxy) is 3. The van der Waals surface area contributed by atoms with Crippen molar-refractivity contribution in [3.05, 3.63) is 24.3 Å². The number of rotatable bonds is 7. The third kappa shape index (κ3) is 5.95. The minimum Gasteiger partial charge on any atom is -0.435 e. The lowest BCUT2D eigenvalue weighted by Crippen LogP contribution is -2.58. The molecule has 0 aromatic heterocycles. The molecule has 3 rings (SSSR count). The summed E-state index contributed by atoms with van der Waals surface area (Å²) in [4.78, 5) is 2.96. The summed E-state index contributed by atoms with van der Waals surface area (Å²) in [6, 6.07) is 5.99. The fraction of sp³-hybridized carbons (Fsp3) is 0.700. The number of benzene rings is 1. The van der Waals surface area contributed by atoms with Crippen LogP contribution in [0, 0.1) is 0 Å². The average Bonchev–Trinajstić information content (AvgIpc) is 2.70. The molecular weight excluding hydrogens is 402 g/mol. The number of methoxy groups -OCH3 is 1. The molecule has 9 heteroatoms. The van der Waals surface area contributed by atoms with Crippen LogP contribution in [0.25, 0.3) is 0 Å². The molecule has 0 aliphatic carbocycles. The minimum absolute atomic E-state index is 0.0607. The molecule has 2 fully saturated rings. The minimum atomic E-state index is -2.87. The van der Waals surface area contributed by atoms with Crippen LogP contribution >= 0.6 is 0 Å². The van der Waals surface area contributed by atoms with Crippen molar-refractivity contribution in [1.29, 1.82) is 0 Å². The molecule has 0 amide bonds. The predicted octanol–water partition coefficient (Wildman–Crippen LogP) is 2.90. The summed E-state index contributed by atoms with van der Waals surface area (Å²) in [5.41, 5.74) is -0.480. The van der Waals surface area contributed by atoms with Gasteiger partial charge in [-0.1, -0.05) is 0 Å². The summed E-state index contributed by atoms with van der Waals surface area (Å²) in [5, 5.41) is 0. The Morgan fingerprint density at radius 2 is 1.86 bits per heavy atom. The van der Waals surface area contributed by atoms with Crippen LogP contribution in [-0.4, -0.2) is 77.7 Å². The lowest BCUT2D eigenvalue weighted by Gasteiger charge is -2.47. The van der Waals surface area contributed by atoms with E-state index >= 15 is 0 Å². The molecule has 0 radical (unpaired) electrons. The third-order valence-electron chi connectivity index (χ3n) is 5.62. The van der Waals surface area contributed by atoms with Gasteiger partial charge in [-0.05, 0) is 51.0 Å². The molecule has 2 aliphatic heterocycles. The van der Waals surface area contributed by atoms with Gasteiger partial charge in [-0.2, -0.15) is 8.78 Å². The standard InChI is InChI=1S/C20H30F2N2O4S/c1-19(2,26-3)14-23-10-8-20(9-11-23)15-24(12-13-27-20)29(25)17-6-4-16(5-7-17)28-18(21)22/h4-7,18H,8-15H2,1-3H3. The van der Waals surface area contributed by atoms with Gasteiger partial charge in [0.2, 0.25) is 0 Å². The molecule has 164 valence electrons. The molecule has 2 heterocycles. The monoisotopic (exact) mass is 432 g/mol. The third-order valence-corrected chi connectivity index (χ3v) is 7.08. The van der Waals surface area contributed by atoms with Crippen LogP contribution in [-0.2, 0) is 20.5 Å². The fourth-order valence-electron chi connectivity index (χ4n) is 3.86. The maximum atomic E-state index is 13.0. The van der Waals surface area contributed by atoms with Gasteiger partial charge in [0.05, 0.1) is 22.7 Å². The van der Waals surface area contributed by atoms with Gasteiger partial charge >= 0.3 is 6.61 Å². The first-order valence-corrected chi connectivity index (χ1v) is 11.0. The molecule has 2 aliphatic rings. The highest BCUT2D eigenvalue weighted by Gasteiger charge is 2.41. The van der Waals surface area contributed by atoms with E-state index in [1.165, 1.54) is 12.1 Å². The maximum absolute atomic E-state index is 13.0. The van der Waals surface area contributed by atoms with E-state index in [0.29, 0.717) is 24.6 Å². The Kier molecular flexibility index (Phi) is 7.27. The molecule has 0 N–H and O–H groups in total. The molecule has 0 saturated carbocycles. The molecule has 0 bridgehead atoms. The number of hydrogen-bond donors (Lipinski definition) is 0. The SMILES string of the molecule is COC(C)(C)CN1CCC2(CC1)CN(S(=O)c1ccc(OC(F)F)cc1)CCO2. The second-order valence-electron chi connectivity index (χ2n) is 8.23. The van der Waals surface area contributed by atoms with Crippen LogP contribution in [0.2, 0.25) is 0 Å². The molecule has 1 atom stereocenters. The van der Waals surface area contributed by atoms with Crippen molar-refractivity contribution in [2.24, 2.45) is 0 Å². The van der Waals surface area contributed by atoms with E-state index < -0.39 is 17.6 Å². The molecule has 1 aromatic carbocycles. The summed E-state index contributed by atoms with van der Waals surface area (Å²) in [6.07, 6.45) is 1.75. The van der Waals surface area contributed by atoms with Gasteiger partial charge in [0.25, 0.3) is 0 Å². The lowest BCUT2D eigenvalue weighted by molar-refractivity contribution is -0.124. The Bertz CT molecular complexity index is 694. The van der Waals surface area contributed by atoms with Gasteiger partial charge in [-0.15, -0.1) is 0 Å². The summed E-state index contributed by atoms with van der Waals surface area (Å²) in [6.45, 7) is 5.67. The normalized spacial score (nSPS) is 22.1. The Morgan fingerprint density at radius 1 is 1.21 bits per heavy atom. The Labute approximate surface area is 173 Å². The number of nitrogens with zero attached hydrogens (tertiary/aromatic N) is 2. The van der Waals surface area contributed by atoms with E-state index in [2.05, 4.69) is 23.5 Å². The first-order chi connectivity index (χ1) is 13.7. The number of hydrogen-bond acceptors (Lipinski definition) is 5. The second-order valence-corrected chi connectivity index (χ2v) is 9.72. The quantitative estimate of drug-likeness (QED) is 0.663. The highest BCUT2D eigenvalue weighted by atomic mass is 32.2. The van der Waals surface area contributed by atoms with Gasteiger partial charge in [0.1, 0.15) is 16.7 Å². The zero-order chi connectivity index (χ0) is 21.1. The highest BCUT2D eigenvalue weighted by Crippen LogP contribution is 2.32. The predicted molar refractivity (Wildman–Crippen MR) is 107 cm³/mol. The van der Waals surface area contributed by atoms with Crippen molar-refractivity contribution in [2.75, 3.05) is 46.4 Å². The second kappa shape index (κ2) is 9.34. The zero-order valence-corrected chi connectivity index (χ0v) is 18.1. The number of halogens is 2. The van der Waals surface area contributed by atoms with Crippen molar-refractivity contribution in [1.82, 2.24) is 9.21 Å². The average molecular weight is 433 g/mol. The Morgan fingerprint density at radius 3 is 2.45 bits per heavy atom. The molecule has 6 nitrogen and oxygen atoms in total. The molecule has 1 unspecified atom stereocenters. The van der Waals surface area contributed by atoms with Crippen LogP contribution < -0.4 is 4.74 Å². The van der Waals surface area contributed by atoms with Crippen LogP contribution in [0.4, 0.5) is 8.78 Å². The van der Waals surface area contributed by atoms with Gasteiger partial charge in [0, 0.05) is 39.8 Å². The largest absolute Gasteiger partial charge is 0.435 e. The van der Waals surface area contributed by atoms with Crippen molar-refractivity contribution >= 4 is 11.0 Å². The van der Waals surface area contributed by atoms with E-state index in [4.69, 9.17) is 9.47 Å². The summed E-state index contributed by atoms with van der Waals surface area (Å²) in [7, 11) is 0.363. The summed E-state index contributed by atoms with van der Waals surface area (Å²) in [5.74, 6) is 0.0607. The first kappa shape index (κ1) is 22.6. The smallest absolute Gasteiger partial charge is 0.387 e. The number of morpholine rings is 1. The summed E-state index contributed by atoms with van der Waals surface area (Å²) >= 11 is 0. The van der Waals surface area contributed by atoms with E-state index in [-0.39, 0.29) is 17.0 Å². The maximum Gasteiger partial charge on any atom is 0.387 e. The number of alkyl halides is 2. The van der Waals surface area contributed by atoms with Crippen molar-refractivity contribution in [2.45, 2.75) is 49.4 Å². The van der Waals surface area contributed by atoms with E-state index in [9.17, 15) is 13.0 Å². The van der Waals surface area contributed by atoms with Crippen molar-refractivity contribution in [3.8, 4) is 5.75 Å². The van der Waals surface area contributed by atoms with Crippen molar-refractivity contribution in [3.63, 3.8) is 0 Å². The zero-order valence-electron chi connectivity index (χ0n) is 17.2. The topological polar surface area (TPSA) is 51.2 Å². The fourth-order valence-corrected chi connectivity index (χ4v) is 5.12. The molecule has 1 spiro atoms. The van der Waals surface area contributed by atoms with Crippen molar-refractivity contribution < 1.29 is 27.2 Å². The first-order valence-electron chi connectivity index (χ1n) is 9.85. The van der Waals surface area contributed by atoms with E-state index in [1.54, 1.807) is 19.2 Å². The van der Waals surface area contributed by atoms with E-state index in [0.717, 1.165) is 32.5 Å². The van der Waals surface area contributed by atoms with Crippen LogP contribution in [0.15, 0.2) is 29.2 Å². The van der Waals surface area contributed by atoms with Crippen LogP contribution in [0.1, 0.15) is 26.7 Å². The van der Waals surface area contributed by atoms with Gasteiger partial charge < -0.3 is 19.1 Å². The highest BCUT2D eigenvalue weighted by molar-refractivity contribution is 7.82. The Balaban J connectivity index is 1.58. The lowest BCUT2D eigenvalue weighted by atomic mass is 9.89. The van der Waals surface area contributed by atoms with Crippen LogP contribution in [0.5, 0.6) is 5.75 Å². The van der Waals surface area contributed by atoms with Crippen LogP contribution in [0.3, 0.4) is 0 Å². The van der Waals surface area contributed by atoms with Gasteiger partial charge in [0.15, 0.2) is 0 Å². The van der Waals surface area contributed by atoms with Gasteiger partial charge in [-0.25, -0.2) is 8.51 Å². The molecule has 29 heavy (non-hydrogen) atoms. The van der Waals surface area contributed by atoms with Gasteiger partial charge in [-0.3, -0.25) is 0 Å². The summed E-state index contributed by atoms with van der Waals surface area (Å²) < 4.78 is 55.6. The Hall–Kier alpha value is -1.13.